The minimum absolute atomic E-state index is 0.0702. The van der Waals surface area contributed by atoms with E-state index in [-0.39, 0.29) is 35.7 Å². The van der Waals surface area contributed by atoms with Gasteiger partial charge in [-0.25, -0.2) is 8.42 Å². The molecule has 0 fully saturated rings. The number of nitrogens with zero attached hydrogens (tertiary/aromatic N) is 2. The summed E-state index contributed by atoms with van der Waals surface area (Å²) in [6.45, 7) is 3.87. The second-order valence-electron chi connectivity index (χ2n) is 6.54. The van der Waals surface area contributed by atoms with Gasteiger partial charge in [0.15, 0.2) is 5.84 Å². The molecule has 0 aliphatic carbocycles. The van der Waals surface area contributed by atoms with Crippen molar-refractivity contribution in [3.8, 4) is 0 Å². The average Bonchev–Trinajstić information content (AvgIpc) is 2.67. The van der Waals surface area contributed by atoms with E-state index in [4.69, 9.17) is 0 Å². The van der Waals surface area contributed by atoms with Crippen LogP contribution in [-0.4, -0.2) is 43.3 Å². The van der Waals surface area contributed by atoms with E-state index >= 15 is 0 Å². The van der Waals surface area contributed by atoms with Gasteiger partial charge in [0, 0.05) is 24.9 Å². The number of hydrogen-bond acceptors (Lipinski definition) is 5. The van der Waals surface area contributed by atoms with Crippen molar-refractivity contribution in [1.82, 2.24) is 10.2 Å². The van der Waals surface area contributed by atoms with Gasteiger partial charge in [0.1, 0.15) is 0 Å². The van der Waals surface area contributed by atoms with Gasteiger partial charge in [0.2, 0.25) is 5.91 Å². The molecule has 1 atom stereocenters. The lowest BCUT2D eigenvalue weighted by Gasteiger charge is -2.29. The number of sulfonamides is 1. The second-order valence-corrected chi connectivity index (χ2v) is 8.29. The van der Waals surface area contributed by atoms with Crippen LogP contribution in [0, 0.1) is 0 Å². The quantitative estimate of drug-likeness (QED) is 0.780. The van der Waals surface area contributed by atoms with E-state index in [1.807, 2.05) is 19.1 Å². The Labute approximate surface area is 164 Å². The topological polar surface area (TPSA) is 108 Å². The van der Waals surface area contributed by atoms with Crippen molar-refractivity contribution in [3.05, 3.63) is 53.8 Å². The summed E-state index contributed by atoms with van der Waals surface area (Å²) in [5, 5.41) is 5.63. The first kappa shape index (κ1) is 19.8. The molecule has 0 spiro atoms. The number of amides is 2. The van der Waals surface area contributed by atoms with Gasteiger partial charge in [-0.3, -0.25) is 9.59 Å². The Bertz CT molecular complexity index is 978. The fraction of sp³-hybridized carbons (Fsp3) is 0.316. The molecule has 28 heavy (non-hydrogen) atoms. The van der Waals surface area contributed by atoms with Crippen LogP contribution in [0.1, 0.15) is 31.9 Å². The molecule has 2 N–H and O–H groups in total. The first-order valence-corrected chi connectivity index (χ1v) is 10.6. The van der Waals surface area contributed by atoms with Crippen LogP contribution in [0.5, 0.6) is 0 Å². The molecule has 2 amide bonds. The number of nitrogens with one attached hydrogen (secondary N) is 2. The van der Waals surface area contributed by atoms with Crippen LogP contribution in [0.15, 0.2) is 52.6 Å². The summed E-state index contributed by atoms with van der Waals surface area (Å²) in [6.07, 6.45) is 5.36. The predicted octanol–water partition coefficient (Wildman–Crippen LogP) is 1.71. The zero-order valence-electron chi connectivity index (χ0n) is 15.7. The Morgan fingerprint density at radius 1 is 1.25 bits per heavy atom. The van der Waals surface area contributed by atoms with Crippen molar-refractivity contribution in [3.63, 3.8) is 0 Å². The van der Waals surface area contributed by atoms with Crippen LogP contribution in [0.2, 0.25) is 0 Å². The van der Waals surface area contributed by atoms with Crippen LogP contribution in [0.3, 0.4) is 0 Å². The molecule has 3 rings (SSSR count). The molecule has 8 nitrogen and oxygen atoms in total. The van der Waals surface area contributed by atoms with Crippen molar-refractivity contribution in [2.45, 2.75) is 26.3 Å². The molecule has 2 heterocycles. The molecule has 9 heteroatoms. The molecule has 0 saturated carbocycles. The monoisotopic (exact) mass is 402 g/mol. The molecule has 0 aromatic heterocycles. The van der Waals surface area contributed by atoms with Crippen molar-refractivity contribution in [1.29, 1.82) is 0 Å². The van der Waals surface area contributed by atoms with Crippen molar-refractivity contribution in [2.75, 3.05) is 17.6 Å². The first-order valence-electron chi connectivity index (χ1n) is 8.98. The number of anilines is 1. The van der Waals surface area contributed by atoms with E-state index in [2.05, 4.69) is 15.0 Å². The minimum Gasteiger partial charge on any atom is -0.345 e. The van der Waals surface area contributed by atoms with Gasteiger partial charge < -0.3 is 15.5 Å². The highest BCUT2D eigenvalue weighted by atomic mass is 32.2. The van der Waals surface area contributed by atoms with E-state index in [0.29, 0.717) is 12.1 Å². The summed E-state index contributed by atoms with van der Waals surface area (Å²) >= 11 is 0. The number of hydrogen-bond donors (Lipinski definition) is 2. The number of amidine groups is 1. The Hall–Kier alpha value is -2.94. The Kier molecular flexibility index (Phi) is 5.64. The zero-order chi connectivity index (χ0) is 20.3. The predicted molar refractivity (Wildman–Crippen MR) is 107 cm³/mol. The van der Waals surface area contributed by atoms with Crippen molar-refractivity contribution >= 4 is 33.4 Å². The number of benzene rings is 1. The summed E-state index contributed by atoms with van der Waals surface area (Å²) in [7, 11) is -3.56. The smallest absolute Gasteiger partial charge is 0.256 e. The van der Waals surface area contributed by atoms with Gasteiger partial charge in [-0.15, -0.1) is 4.40 Å². The van der Waals surface area contributed by atoms with Gasteiger partial charge in [0.05, 0.1) is 17.4 Å². The lowest BCUT2D eigenvalue weighted by atomic mass is 10.1. The van der Waals surface area contributed by atoms with Crippen LogP contribution >= 0.6 is 0 Å². The lowest BCUT2D eigenvalue weighted by Crippen LogP contribution is -2.42. The van der Waals surface area contributed by atoms with E-state index in [1.54, 1.807) is 42.3 Å². The summed E-state index contributed by atoms with van der Waals surface area (Å²) in [5.41, 5.74) is 1.75. The van der Waals surface area contributed by atoms with E-state index in [0.717, 1.165) is 5.56 Å². The SMILES string of the molecule is CCC(=O)Nc1ccc(C(C)NC(=O)C2=CC=CN3CCS(=O)(=O)N=C23)cc1. The van der Waals surface area contributed by atoms with Gasteiger partial charge in [0.25, 0.3) is 15.9 Å². The van der Waals surface area contributed by atoms with Crippen molar-refractivity contribution < 1.29 is 18.0 Å². The fourth-order valence-corrected chi connectivity index (χ4v) is 3.84. The van der Waals surface area contributed by atoms with E-state index in [1.165, 1.54) is 0 Å². The van der Waals surface area contributed by atoms with Gasteiger partial charge in [-0.05, 0) is 36.8 Å². The molecule has 2 aliphatic heterocycles. The molecule has 1 aromatic carbocycles. The molecule has 2 aliphatic rings. The number of carbonyl (C=O) groups excluding carboxylic acids is 2. The zero-order valence-corrected chi connectivity index (χ0v) is 16.5. The van der Waals surface area contributed by atoms with Gasteiger partial charge in [-0.2, -0.15) is 0 Å². The third kappa shape index (κ3) is 4.48. The van der Waals surface area contributed by atoms with Gasteiger partial charge in [-0.1, -0.05) is 19.1 Å². The summed E-state index contributed by atoms with van der Waals surface area (Å²) in [6, 6.07) is 6.87. The molecule has 0 radical (unpaired) electrons. The second kappa shape index (κ2) is 7.97. The Morgan fingerprint density at radius 2 is 1.96 bits per heavy atom. The van der Waals surface area contributed by atoms with Gasteiger partial charge >= 0.3 is 0 Å². The molecular formula is C19H22N4O4S. The number of allylic oxidation sites excluding steroid dienone is 2. The average molecular weight is 402 g/mol. The lowest BCUT2D eigenvalue weighted by molar-refractivity contribution is -0.118. The largest absolute Gasteiger partial charge is 0.345 e. The standard InChI is InChI=1S/C19H22N4O4S/c1-3-17(24)21-15-8-6-14(7-9-15)13(2)20-19(25)16-5-4-10-23-11-12-28(26,27)22-18(16)23/h4-10,13H,3,11-12H2,1-2H3,(H,20,25)(H,21,24). The Balaban J connectivity index is 1.72. The molecule has 0 saturated heterocycles. The third-order valence-corrected chi connectivity index (χ3v) is 5.61. The highest BCUT2D eigenvalue weighted by Gasteiger charge is 2.30. The van der Waals surface area contributed by atoms with Crippen LogP contribution in [0.4, 0.5) is 5.69 Å². The van der Waals surface area contributed by atoms with E-state index < -0.39 is 15.9 Å². The fourth-order valence-electron chi connectivity index (χ4n) is 2.86. The summed E-state index contributed by atoms with van der Waals surface area (Å²) in [4.78, 5) is 25.8. The number of rotatable bonds is 5. The Morgan fingerprint density at radius 3 is 2.64 bits per heavy atom. The summed E-state index contributed by atoms with van der Waals surface area (Å²) in [5.74, 6) is -0.399. The molecule has 0 bridgehead atoms. The van der Waals surface area contributed by atoms with Crippen LogP contribution < -0.4 is 10.6 Å². The number of carbonyl (C=O) groups is 2. The third-order valence-electron chi connectivity index (χ3n) is 4.47. The maximum absolute atomic E-state index is 12.7. The minimum atomic E-state index is -3.56. The normalized spacial score (nSPS) is 18.4. The molecule has 1 aromatic rings. The number of fused-ring (bicyclic) bond motifs is 1. The molecule has 1 unspecified atom stereocenters. The maximum Gasteiger partial charge on any atom is 0.256 e. The summed E-state index contributed by atoms with van der Waals surface area (Å²) < 4.78 is 27.4. The highest BCUT2D eigenvalue weighted by Crippen LogP contribution is 2.20. The highest BCUT2D eigenvalue weighted by molar-refractivity contribution is 7.90. The first-order chi connectivity index (χ1) is 13.3. The molecule has 148 valence electrons. The maximum atomic E-state index is 12.7. The van der Waals surface area contributed by atoms with Crippen LogP contribution in [0.25, 0.3) is 0 Å². The van der Waals surface area contributed by atoms with Crippen molar-refractivity contribution in [2.24, 2.45) is 4.40 Å². The molecular weight excluding hydrogens is 380 g/mol. The van der Waals surface area contributed by atoms with E-state index in [9.17, 15) is 18.0 Å². The van der Waals surface area contributed by atoms with Crippen LogP contribution in [-0.2, 0) is 19.6 Å².